The smallest absolute Gasteiger partial charge is 0.220 e. The Labute approximate surface area is 120 Å². The monoisotopic (exact) mass is 277 g/mol. The first kappa shape index (κ1) is 13.0. The Morgan fingerprint density at radius 1 is 0.857 bits per heavy atom. The van der Waals surface area contributed by atoms with E-state index in [1.807, 2.05) is 18.5 Å². The van der Waals surface area contributed by atoms with Crippen molar-refractivity contribution in [2.45, 2.75) is 0 Å². The molecule has 0 saturated heterocycles. The van der Waals surface area contributed by atoms with Gasteiger partial charge in [0, 0.05) is 17.6 Å². The second kappa shape index (κ2) is 5.54. The topological polar surface area (TPSA) is 64.1 Å². The number of hydrogen-bond acceptors (Lipinski definition) is 2. The molecule has 4 nitrogen and oxygen atoms in total. The molecule has 2 aromatic heterocycles. The zero-order valence-corrected chi connectivity index (χ0v) is 11.2. The summed E-state index contributed by atoms with van der Waals surface area (Å²) < 4.78 is 0. The van der Waals surface area contributed by atoms with E-state index in [4.69, 9.17) is 0 Å². The van der Waals surface area contributed by atoms with Crippen LogP contribution in [0.5, 0.6) is 0 Å². The summed E-state index contributed by atoms with van der Waals surface area (Å²) in [4.78, 5) is 27.0. The third-order valence-electron chi connectivity index (χ3n) is 3.19. The van der Waals surface area contributed by atoms with Crippen molar-refractivity contribution in [2.75, 3.05) is 0 Å². The Balaban J connectivity index is 0.000000143. The molecule has 2 heterocycles. The quantitative estimate of drug-likeness (QED) is 0.641. The molecule has 0 fully saturated rings. The summed E-state index contributed by atoms with van der Waals surface area (Å²) in [5.41, 5.74) is 2.37. The highest BCUT2D eigenvalue weighted by molar-refractivity contribution is 6.14. The van der Waals surface area contributed by atoms with E-state index in [1.165, 1.54) is 46.1 Å². The largest absolute Gasteiger partial charge is 0.361 e. The molecule has 0 radical (unpaired) electrons. The van der Waals surface area contributed by atoms with Gasteiger partial charge in [0.05, 0.1) is 10.9 Å². The van der Waals surface area contributed by atoms with E-state index in [-0.39, 0.29) is 11.6 Å². The minimum atomic E-state index is -0.121. The van der Waals surface area contributed by atoms with Crippen LogP contribution in [0.25, 0.3) is 21.8 Å². The number of benzene rings is 1. The third-order valence-corrected chi connectivity index (χ3v) is 3.19. The molecule has 4 rings (SSSR count). The normalized spacial score (nSPS) is 13.5. The summed E-state index contributed by atoms with van der Waals surface area (Å²) in [6.45, 7) is 0. The Morgan fingerprint density at radius 3 is 2.29 bits per heavy atom. The summed E-state index contributed by atoms with van der Waals surface area (Å²) in [6, 6.07) is 10.4. The van der Waals surface area contributed by atoms with Gasteiger partial charge in [-0.3, -0.25) is 9.59 Å². The zero-order valence-electron chi connectivity index (χ0n) is 11.2. The van der Waals surface area contributed by atoms with E-state index >= 15 is 0 Å². The van der Waals surface area contributed by atoms with Gasteiger partial charge < -0.3 is 4.98 Å². The number of ketones is 2. The number of rotatable bonds is 0. The standard InChI is InChI=1S/C11H8N2.C6H4O2/c1-2-8-3-4-10-9(5-7-12-10)11(8)13-6-1;7-5-1-2-6(8)4-3-5/h1-7,12H;1-4H/p+1. The number of aromatic amines is 2. The minimum absolute atomic E-state index is 0.121. The molecule has 0 amide bonds. The van der Waals surface area contributed by atoms with Crippen LogP contribution in [-0.2, 0) is 9.59 Å². The van der Waals surface area contributed by atoms with Crippen LogP contribution >= 0.6 is 0 Å². The van der Waals surface area contributed by atoms with Crippen molar-refractivity contribution in [3.05, 3.63) is 67.0 Å². The number of allylic oxidation sites excluding steroid dienone is 4. The van der Waals surface area contributed by atoms with Gasteiger partial charge in [-0.25, -0.2) is 4.98 Å². The van der Waals surface area contributed by atoms with Crippen LogP contribution < -0.4 is 4.98 Å². The highest BCUT2D eigenvalue weighted by Gasteiger charge is 2.05. The molecule has 1 aliphatic carbocycles. The Kier molecular flexibility index (Phi) is 3.43. The van der Waals surface area contributed by atoms with E-state index in [9.17, 15) is 9.59 Å². The van der Waals surface area contributed by atoms with E-state index in [0.29, 0.717) is 0 Å². The van der Waals surface area contributed by atoms with Crippen LogP contribution in [0.3, 0.4) is 0 Å². The van der Waals surface area contributed by atoms with Gasteiger partial charge in [-0.1, -0.05) is 0 Å². The SMILES string of the molecule is O=C1C=CC(=O)C=C1.c1c[nH+]c2c(c1)ccc1[nH]ccc12. The van der Waals surface area contributed by atoms with Crippen LogP contribution in [0.2, 0.25) is 0 Å². The summed E-state index contributed by atoms with van der Waals surface area (Å²) in [6.07, 6.45) is 8.93. The first-order valence-corrected chi connectivity index (χ1v) is 6.54. The number of H-pyrrole nitrogens is 2. The van der Waals surface area contributed by atoms with Gasteiger partial charge in [0.15, 0.2) is 17.8 Å². The van der Waals surface area contributed by atoms with Crippen LogP contribution in [0.15, 0.2) is 67.0 Å². The lowest BCUT2D eigenvalue weighted by Gasteiger charge is -1.91. The number of carbonyl (C=O) groups excluding carboxylic acids is 2. The second-order valence-electron chi connectivity index (χ2n) is 4.61. The van der Waals surface area contributed by atoms with Gasteiger partial charge in [0.25, 0.3) is 0 Å². The average Bonchev–Trinajstić information content (AvgIpc) is 3.00. The summed E-state index contributed by atoms with van der Waals surface area (Å²) in [5, 5.41) is 2.49. The lowest BCUT2D eigenvalue weighted by atomic mass is 10.1. The Morgan fingerprint density at radius 2 is 1.57 bits per heavy atom. The molecule has 1 aliphatic rings. The maximum atomic E-state index is 10.3. The summed E-state index contributed by atoms with van der Waals surface area (Å²) in [5.74, 6) is -0.241. The van der Waals surface area contributed by atoms with Crippen molar-refractivity contribution in [3.63, 3.8) is 0 Å². The van der Waals surface area contributed by atoms with Crippen molar-refractivity contribution in [3.8, 4) is 0 Å². The van der Waals surface area contributed by atoms with Crippen molar-refractivity contribution >= 4 is 33.4 Å². The van der Waals surface area contributed by atoms with Crippen LogP contribution in [0, 0.1) is 0 Å². The number of nitrogens with one attached hydrogen (secondary N) is 2. The first-order valence-electron chi connectivity index (χ1n) is 6.54. The number of fused-ring (bicyclic) bond motifs is 3. The van der Waals surface area contributed by atoms with E-state index in [2.05, 4.69) is 34.2 Å². The number of hydrogen-bond donors (Lipinski definition) is 1. The van der Waals surface area contributed by atoms with E-state index < -0.39 is 0 Å². The van der Waals surface area contributed by atoms with Gasteiger partial charge in [-0.2, -0.15) is 0 Å². The Hall–Kier alpha value is -3.01. The first-order chi connectivity index (χ1) is 10.2. The van der Waals surface area contributed by atoms with Crippen molar-refractivity contribution in [1.29, 1.82) is 0 Å². The summed E-state index contributed by atoms with van der Waals surface area (Å²) >= 11 is 0. The van der Waals surface area contributed by atoms with Crippen molar-refractivity contribution in [2.24, 2.45) is 0 Å². The van der Waals surface area contributed by atoms with E-state index in [0.717, 1.165) is 0 Å². The molecule has 21 heavy (non-hydrogen) atoms. The molecule has 0 saturated carbocycles. The molecule has 2 N–H and O–H groups in total. The second-order valence-corrected chi connectivity index (χ2v) is 4.61. The maximum Gasteiger partial charge on any atom is 0.220 e. The molecule has 0 atom stereocenters. The van der Waals surface area contributed by atoms with Gasteiger partial charge in [0.2, 0.25) is 5.52 Å². The number of pyridine rings is 1. The molecule has 0 bridgehead atoms. The molecule has 4 heteroatoms. The molecule has 1 aromatic carbocycles. The van der Waals surface area contributed by atoms with Crippen LogP contribution in [0.1, 0.15) is 0 Å². The Bertz CT molecular complexity index is 850. The fourth-order valence-electron chi connectivity index (χ4n) is 2.17. The minimum Gasteiger partial charge on any atom is -0.361 e. The maximum absolute atomic E-state index is 10.3. The molecule has 0 aliphatic heterocycles. The van der Waals surface area contributed by atoms with Crippen LogP contribution in [-0.4, -0.2) is 16.6 Å². The fraction of sp³-hybridized carbons (Fsp3) is 0. The predicted molar refractivity (Wildman–Crippen MR) is 80.7 cm³/mol. The molecule has 0 spiro atoms. The lowest BCUT2D eigenvalue weighted by molar-refractivity contribution is -0.343. The highest BCUT2D eigenvalue weighted by atomic mass is 16.1. The van der Waals surface area contributed by atoms with Gasteiger partial charge in [-0.15, -0.1) is 0 Å². The van der Waals surface area contributed by atoms with Crippen molar-refractivity contribution < 1.29 is 14.6 Å². The van der Waals surface area contributed by atoms with Gasteiger partial charge in [0.1, 0.15) is 0 Å². The molecule has 0 unspecified atom stereocenters. The predicted octanol–water partition coefficient (Wildman–Crippen LogP) is 2.39. The highest BCUT2D eigenvalue weighted by Crippen LogP contribution is 2.19. The van der Waals surface area contributed by atoms with Crippen molar-refractivity contribution in [1.82, 2.24) is 4.98 Å². The third kappa shape index (κ3) is 2.79. The van der Waals surface area contributed by atoms with E-state index in [1.54, 1.807) is 0 Å². The van der Waals surface area contributed by atoms with Crippen LogP contribution in [0.4, 0.5) is 0 Å². The lowest BCUT2D eigenvalue weighted by Crippen LogP contribution is -2.00. The van der Waals surface area contributed by atoms with Gasteiger partial charge in [-0.05, 0) is 48.6 Å². The zero-order chi connectivity index (χ0) is 14.7. The molecule has 102 valence electrons. The molecule has 3 aromatic rings. The molecular formula is C17H13N2O2+. The fourth-order valence-corrected chi connectivity index (χ4v) is 2.17. The number of carbonyl (C=O) groups is 2. The summed E-state index contributed by atoms with van der Waals surface area (Å²) in [7, 11) is 0. The average molecular weight is 277 g/mol. The van der Waals surface area contributed by atoms with Gasteiger partial charge >= 0.3 is 0 Å². The number of aromatic nitrogens is 2. The molecular weight excluding hydrogens is 264 g/mol.